The van der Waals surface area contributed by atoms with Crippen molar-refractivity contribution < 1.29 is 14.4 Å². The lowest BCUT2D eigenvalue weighted by Crippen LogP contribution is -1.93. The number of methoxy groups -OCH3 is 1. The van der Waals surface area contributed by atoms with Crippen molar-refractivity contribution in [3.63, 3.8) is 0 Å². The molecule has 0 fully saturated rings. The number of para-hydroxylation sites is 1. The highest BCUT2D eigenvalue weighted by Crippen LogP contribution is 2.18. The van der Waals surface area contributed by atoms with Gasteiger partial charge < -0.3 is 4.74 Å². The van der Waals surface area contributed by atoms with Gasteiger partial charge in [0.15, 0.2) is 5.34 Å². The Balaban J connectivity index is 2.79. The summed E-state index contributed by atoms with van der Waals surface area (Å²) in [5.41, 5.74) is 0.711. The zero-order valence-corrected chi connectivity index (χ0v) is 8.04. The van der Waals surface area contributed by atoms with Gasteiger partial charge in [0.1, 0.15) is 5.75 Å². The first-order valence-electron chi connectivity index (χ1n) is 4.12. The number of benzene rings is 1. The first-order valence-corrected chi connectivity index (χ1v) is 4.12. The van der Waals surface area contributed by atoms with Crippen molar-refractivity contribution >= 4 is 12.0 Å². The normalized spacial score (nSPS) is 9.93. The average molecular weight is 207 g/mol. The van der Waals surface area contributed by atoms with Gasteiger partial charge in [-0.1, -0.05) is 18.2 Å². The van der Waals surface area contributed by atoms with Gasteiger partial charge in [-0.3, -0.25) is 4.84 Å². The van der Waals surface area contributed by atoms with E-state index in [-0.39, 0.29) is 0 Å². The summed E-state index contributed by atoms with van der Waals surface area (Å²) in [6.45, 7) is 0. The molecular weight excluding hydrogens is 198 g/mol. The van der Waals surface area contributed by atoms with Gasteiger partial charge in [0, 0.05) is 11.6 Å². The summed E-state index contributed by atoms with van der Waals surface area (Å²) < 4.78 is 5.05. The van der Waals surface area contributed by atoms with E-state index in [4.69, 9.17) is 4.74 Å². The van der Waals surface area contributed by atoms with Crippen LogP contribution in [0.5, 0.6) is 5.75 Å². The highest BCUT2D eigenvalue weighted by atomic mass is 16.7. The minimum absolute atomic E-state index is 0.626. The standard InChI is InChI=1S/C10H9NO4/c1-14-9-5-3-2-4-8(9)6-7-10(12)15-11-13/h2-7H,1H3/b7-6+. The SMILES string of the molecule is COc1ccccc1/C=C/C(=O)ON=O. The van der Waals surface area contributed by atoms with E-state index < -0.39 is 5.97 Å². The molecule has 0 heterocycles. The van der Waals surface area contributed by atoms with E-state index in [1.807, 2.05) is 11.4 Å². The second kappa shape index (κ2) is 5.54. The number of ether oxygens (including phenoxy) is 1. The molecule has 78 valence electrons. The number of carbonyl (C=O) groups excluding carboxylic acids is 1. The Morgan fingerprint density at radius 2 is 2.13 bits per heavy atom. The molecule has 0 N–H and O–H groups in total. The predicted molar refractivity (Wildman–Crippen MR) is 53.9 cm³/mol. The lowest BCUT2D eigenvalue weighted by molar-refractivity contribution is -0.137. The van der Waals surface area contributed by atoms with Gasteiger partial charge >= 0.3 is 5.97 Å². The lowest BCUT2D eigenvalue weighted by Gasteiger charge is -2.02. The largest absolute Gasteiger partial charge is 0.496 e. The molecule has 1 aromatic rings. The molecule has 1 rings (SSSR count). The molecule has 0 saturated carbocycles. The van der Waals surface area contributed by atoms with Gasteiger partial charge in [0.25, 0.3) is 0 Å². The molecular formula is C10H9NO4. The highest BCUT2D eigenvalue weighted by Gasteiger charge is 1.99. The summed E-state index contributed by atoms with van der Waals surface area (Å²) in [6, 6.07) is 7.12. The van der Waals surface area contributed by atoms with Gasteiger partial charge in [0.05, 0.1) is 7.11 Å². The van der Waals surface area contributed by atoms with Gasteiger partial charge in [-0.25, -0.2) is 4.79 Å². The molecule has 15 heavy (non-hydrogen) atoms. The summed E-state index contributed by atoms with van der Waals surface area (Å²) in [5, 5.41) is 2.01. The molecule has 0 bridgehead atoms. The molecule has 0 saturated heterocycles. The minimum atomic E-state index is -0.823. The van der Waals surface area contributed by atoms with Crippen LogP contribution in [0, 0.1) is 4.91 Å². The summed E-state index contributed by atoms with van der Waals surface area (Å²) in [5.74, 6) is -0.198. The molecule has 0 atom stereocenters. The maximum absolute atomic E-state index is 10.8. The van der Waals surface area contributed by atoms with E-state index in [0.29, 0.717) is 11.3 Å². The van der Waals surface area contributed by atoms with Crippen LogP contribution in [0.25, 0.3) is 6.08 Å². The molecule has 0 amide bonds. The van der Waals surface area contributed by atoms with Crippen molar-refractivity contribution in [2.45, 2.75) is 0 Å². The summed E-state index contributed by atoms with van der Waals surface area (Å²) >= 11 is 0. The fourth-order valence-electron chi connectivity index (χ4n) is 1.03. The van der Waals surface area contributed by atoms with Crippen LogP contribution in [0.2, 0.25) is 0 Å². The summed E-state index contributed by atoms with van der Waals surface area (Å²) in [7, 11) is 1.53. The Morgan fingerprint density at radius 3 is 2.80 bits per heavy atom. The van der Waals surface area contributed by atoms with Crippen LogP contribution in [0.4, 0.5) is 0 Å². The number of rotatable bonds is 4. The fraction of sp³-hybridized carbons (Fsp3) is 0.100. The van der Waals surface area contributed by atoms with Crippen LogP contribution in [0.3, 0.4) is 0 Å². The molecule has 0 spiro atoms. The molecule has 0 aliphatic carbocycles. The van der Waals surface area contributed by atoms with E-state index in [9.17, 15) is 9.70 Å². The monoisotopic (exact) mass is 207 g/mol. The van der Waals surface area contributed by atoms with Gasteiger partial charge in [-0.15, -0.1) is 4.91 Å². The molecule has 5 heteroatoms. The van der Waals surface area contributed by atoms with E-state index in [1.165, 1.54) is 13.2 Å². The summed E-state index contributed by atoms with van der Waals surface area (Å²) in [6.07, 6.45) is 2.58. The van der Waals surface area contributed by atoms with Crippen LogP contribution < -0.4 is 4.74 Å². The average Bonchev–Trinajstić information content (AvgIpc) is 2.27. The number of hydrogen-bond donors (Lipinski definition) is 0. The lowest BCUT2D eigenvalue weighted by atomic mass is 10.2. The van der Waals surface area contributed by atoms with Gasteiger partial charge in [0.2, 0.25) is 0 Å². The zero-order chi connectivity index (χ0) is 11.1. The smallest absolute Gasteiger partial charge is 0.362 e. The Hall–Kier alpha value is -2.17. The molecule has 0 aliphatic heterocycles. The molecule has 0 radical (unpaired) electrons. The highest BCUT2D eigenvalue weighted by molar-refractivity contribution is 5.87. The molecule has 0 aliphatic rings. The molecule has 0 aromatic heterocycles. The minimum Gasteiger partial charge on any atom is -0.496 e. The first kappa shape index (κ1) is 10.9. The van der Waals surface area contributed by atoms with Crippen molar-refractivity contribution in [1.29, 1.82) is 0 Å². The molecule has 5 nitrogen and oxygen atoms in total. The Kier molecular flexibility index (Phi) is 4.03. The van der Waals surface area contributed by atoms with Crippen molar-refractivity contribution in [1.82, 2.24) is 0 Å². The Bertz CT molecular complexity index is 387. The van der Waals surface area contributed by atoms with Crippen molar-refractivity contribution in [2.75, 3.05) is 7.11 Å². The second-order valence-electron chi connectivity index (χ2n) is 2.56. The number of nitrogens with zero attached hydrogens (tertiary/aromatic N) is 1. The van der Waals surface area contributed by atoms with E-state index in [0.717, 1.165) is 6.08 Å². The van der Waals surface area contributed by atoms with Crippen molar-refractivity contribution in [2.24, 2.45) is 5.34 Å². The third-order valence-electron chi connectivity index (χ3n) is 1.67. The third-order valence-corrected chi connectivity index (χ3v) is 1.67. The Morgan fingerprint density at radius 1 is 1.40 bits per heavy atom. The van der Waals surface area contributed by atoms with Crippen LogP contribution in [-0.2, 0) is 9.63 Å². The summed E-state index contributed by atoms with van der Waals surface area (Å²) in [4.78, 5) is 24.2. The fourth-order valence-corrected chi connectivity index (χ4v) is 1.03. The van der Waals surface area contributed by atoms with Gasteiger partial charge in [-0.2, -0.15) is 0 Å². The molecule has 1 aromatic carbocycles. The van der Waals surface area contributed by atoms with E-state index >= 15 is 0 Å². The third kappa shape index (κ3) is 3.22. The zero-order valence-electron chi connectivity index (χ0n) is 8.04. The van der Waals surface area contributed by atoms with Crippen LogP contribution in [0.15, 0.2) is 35.7 Å². The van der Waals surface area contributed by atoms with Crippen LogP contribution >= 0.6 is 0 Å². The topological polar surface area (TPSA) is 65.0 Å². The Labute approximate surface area is 86.2 Å². The number of carbonyl (C=O) groups is 1. The first-order chi connectivity index (χ1) is 7.27. The maximum atomic E-state index is 10.8. The number of hydrogen-bond acceptors (Lipinski definition) is 5. The van der Waals surface area contributed by atoms with E-state index in [2.05, 4.69) is 4.84 Å². The van der Waals surface area contributed by atoms with Gasteiger partial charge in [-0.05, 0) is 12.1 Å². The van der Waals surface area contributed by atoms with E-state index in [1.54, 1.807) is 18.2 Å². The van der Waals surface area contributed by atoms with Crippen molar-refractivity contribution in [3.05, 3.63) is 40.8 Å². The van der Waals surface area contributed by atoms with Crippen LogP contribution in [-0.4, -0.2) is 13.1 Å². The second-order valence-corrected chi connectivity index (χ2v) is 2.56. The van der Waals surface area contributed by atoms with Crippen LogP contribution in [0.1, 0.15) is 5.56 Å². The maximum Gasteiger partial charge on any atom is 0.362 e. The van der Waals surface area contributed by atoms with Crippen molar-refractivity contribution in [3.8, 4) is 5.75 Å². The molecule has 0 unspecified atom stereocenters. The quantitative estimate of drug-likeness (QED) is 0.430. The predicted octanol–water partition coefficient (Wildman–Crippen LogP) is 1.93.